The molecule has 4 nitrogen and oxygen atoms in total. The van der Waals surface area contributed by atoms with E-state index in [2.05, 4.69) is 4.98 Å². The third-order valence-electron chi connectivity index (χ3n) is 2.62. The quantitative estimate of drug-likeness (QED) is 0.834. The molecule has 0 aliphatic heterocycles. The smallest absolute Gasteiger partial charge is 0.201 e. The number of halogens is 1. The predicted molar refractivity (Wildman–Crippen MR) is 70.3 cm³/mol. The third kappa shape index (κ3) is 2.53. The second-order valence-electron chi connectivity index (χ2n) is 3.78. The average Bonchev–Trinajstić information content (AvgIpc) is 2.62. The summed E-state index contributed by atoms with van der Waals surface area (Å²) in [6, 6.07) is 5.64. The predicted octanol–water partition coefficient (Wildman–Crippen LogP) is 2.70. The first-order valence-electron chi connectivity index (χ1n) is 5.72. The van der Waals surface area contributed by atoms with Crippen molar-refractivity contribution >= 4 is 28.6 Å². The number of nitrogen functional groups attached to an aromatic ring is 1. The lowest BCUT2D eigenvalue weighted by molar-refractivity contribution is 0.142. The number of benzene rings is 1. The van der Waals surface area contributed by atoms with Gasteiger partial charge in [0.25, 0.3) is 0 Å². The number of para-hydroxylation sites is 1. The van der Waals surface area contributed by atoms with Crippen molar-refractivity contribution in [3.63, 3.8) is 0 Å². The standard InChI is InChI=1S/C12H16ClN3O/c1-2-17-8-4-7-16-11-9(13)5-3-6-10(11)15-12(16)14/h3,5-6H,2,4,7-8H2,1H3,(H2,14,15). The number of aryl methyl sites for hydroxylation is 1. The van der Waals surface area contributed by atoms with Gasteiger partial charge < -0.3 is 15.0 Å². The number of hydrogen-bond donors (Lipinski definition) is 1. The van der Waals surface area contributed by atoms with E-state index in [-0.39, 0.29) is 0 Å². The number of hydrogen-bond acceptors (Lipinski definition) is 3. The molecule has 5 heteroatoms. The van der Waals surface area contributed by atoms with Gasteiger partial charge in [0.05, 0.1) is 16.1 Å². The first-order chi connectivity index (χ1) is 8.24. The fraction of sp³-hybridized carbons (Fsp3) is 0.417. The van der Waals surface area contributed by atoms with Crippen LogP contribution in [-0.2, 0) is 11.3 Å². The second-order valence-corrected chi connectivity index (χ2v) is 4.19. The Labute approximate surface area is 105 Å². The Morgan fingerprint density at radius 1 is 1.47 bits per heavy atom. The normalized spacial score (nSPS) is 11.2. The van der Waals surface area contributed by atoms with Gasteiger partial charge in [0.15, 0.2) is 0 Å². The van der Waals surface area contributed by atoms with Gasteiger partial charge in [-0.2, -0.15) is 0 Å². The van der Waals surface area contributed by atoms with Crippen LogP contribution in [0.25, 0.3) is 11.0 Å². The monoisotopic (exact) mass is 253 g/mol. The van der Waals surface area contributed by atoms with Crippen LogP contribution in [0.15, 0.2) is 18.2 Å². The van der Waals surface area contributed by atoms with E-state index in [4.69, 9.17) is 22.1 Å². The van der Waals surface area contributed by atoms with E-state index >= 15 is 0 Å². The lowest BCUT2D eigenvalue weighted by Gasteiger charge is -2.07. The molecule has 0 atom stereocenters. The van der Waals surface area contributed by atoms with Crippen LogP contribution in [-0.4, -0.2) is 22.8 Å². The maximum atomic E-state index is 6.17. The summed E-state index contributed by atoms with van der Waals surface area (Å²) < 4.78 is 7.25. The van der Waals surface area contributed by atoms with Crippen molar-refractivity contribution in [2.75, 3.05) is 18.9 Å². The molecule has 0 saturated heterocycles. The molecule has 0 amide bonds. The number of ether oxygens (including phenoxy) is 1. The van der Waals surface area contributed by atoms with Crippen LogP contribution in [0.5, 0.6) is 0 Å². The van der Waals surface area contributed by atoms with Gasteiger partial charge in [0.2, 0.25) is 5.95 Å². The minimum atomic E-state index is 0.504. The van der Waals surface area contributed by atoms with Crippen molar-refractivity contribution < 1.29 is 4.74 Å². The van der Waals surface area contributed by atoms with Gasteiger partial charge in [-0.3, -0.25) is 0 Å². The Kier molecular flexibility index (Phi) is 3.86. The molecule has 1 heterocycles. The maximum absolute atomic E-state index is 6.17. The summed E-state index contributed by atoms with van der Waals surface area (Å²) in [6.07, 6.45) is 0.898. The highest BCUT2D eigenvalue weighted by Crippen LogP contribution is 2.25. The Bertz CT molecular complexity index is 510. The summed E-state index contributed by atoms with van der Waals surface area (Å²) in [4.78, 5) is 4.29. The van der Waals surface area contributed by atoms with Gasteiger partial charge in [-0.15, -0.1) is 0 Å². The molecule has 0 fully saturated rings. The molecule has 0 radical (unpaired) electrons. The second kappa shape index (κ2) is 5.38. The van der Waals surface area contributed by atoms with E-state index in [1.54, 1.807) is 0 Å². The van der Waals surface area contributed by atoms with Crippen LogP contribution in [0, 0.1) is 0 Å². The summed E-state index contributed by atoms with van der Waals surface area (Å²) in [6.45, 7) is 4.21. The van der Waals surface area contributed by atoms with E-state index in [1.165, 1.54) is 0 Å². The molecular weight excluding hydrogens is 238 g/mol. The number of aromatic nitrogens is 2. The van der Waals surface area contributed by atoms with Gasteiger partial charge in [0, 0.05) is 19.8 Å². The molecule has 0 saturated carbocycles. The van der Waals surface area contributed by atoms with Crippen molar-refractivity contribution in [2.24, 2.45) is 0 Å². The van der Waals surface area contributed by atoms with Crippen LogP contribution in [0.2, 0.25) is 5.02 Å². The average molecular weight is 254 g/mol. The number of fused-ring (bicyclic) bond motifs is 1. The van der Waals surface area contributed by atoms with E-state index < -0.39 is 0 Å². The van der Waals surface area contributed by atoms with E-state index in [0.29, 0.717) is 11.0 Å². The number of imidazole rings is 1. The third-order valence-corrected chi connectivity index (χ3v) is 2.93. The number of nitrogens with zero attached hydrogens (tertiary/aromatic N) is 2. The topological polar surface area (TPSA) is 53.1 Å². The lowest BCUT2D eigenvalue weighted by Crippen LogP contribution is -2.06. The zero-order chi connectivity index (χ0) is 12.3. The van der Waals surface area contributed by atoms with Crippen LogP contribution < -0.4 is 5.73 Å². The molecule has 1 aromatic carbocycles. The van der Waals surface area contributed by atoms with Gasteiger partial charge >= 0.3 is 0 Å². The van der Waals surface area contributed by atoms with Crippen LogP contribution in [0.1, 0.15) is 13.3 Å². The van der Waals surface area contributed by atoms with E-state index in [9.17, 15) is 0 Å². The van der Waals surface area contributed by atoms with Gasteiger partial charge in [-0.1, -0.05) is 17.7 Å². The Morgan fingerprint density at radius 2 is 2.29 bits per heavy atom. The zero-order valence-electron chi connectivity index (χ0n) is 9.82. The molecule has 0 spiro atoms. The molecule has 0 aliphatic rings. The van der Waals surface area contributed by atoms with E-state index in [1.807, 2.05) is 29.7 Å². The largest absolute Gasteiger partial charge is 0.382 e. The van der Waals surface area contributed by atoms with Crippen LogP contribution in [0.4, 0.5) is 5.95 Å². The number of anilines is 1. The van der Waals surface area contributed by atoms with Crippen LogP contribution >= 0.6 is 11.6 Å². The first-order valence-corrected chi connectivity index (χ1v) is 6.09. The van der Waals surface area contributed by atoms with Crippen molar-refractivity contribution in [3.8, 4) is 0 Å². The minimum absolute atomic E-state index is 0.504. The number of nitrogens with two attached hydrogens (primary N) is 1. The summed E-state index contributed by atoms with van der Waals surface area (Å²) >= 11 is 6.17. The zero-order valence-corrected chi connectivity index (χ0v) is 10.6. The fourth-order valence-corrected chi connectivity index (χ4v) is 2.13. The molecule has 92 valence electrons. The Morgan fingerprint density at radius 3 is 3.06 bits per heavy atom. The molecule has 0 unspecified atom stereocenters. The fourth-order valence-electron chi connectivity index (χ4n) is 1.86. The first kappa shape index (κ1) is 12.2. The highest BCUT2D eigenvalue weighted by Gasteiger charge is 2.10. The Hall–Kier alpha value is -1.26. The van der Waals surface area contributed by atoms with Crippen molar-refractivity contribution in [2.45, 2.75) is 19.9 Å². The summed E-state index contributed by atoms with van der Waals surface area (Å²) in [7, 11) is 0. The summed E-state index contributed by atoms with van der Waals surface area (Å²) in [5.74, 6) is 0.504. The molecule has 1 aromatic heterocycles. The highest BCUT2D eigenvalue weighted by molar-refractivity contribution is 6.35. The molecular formula is C12H16ClN3O. The SMILES string of the molecule is CCOCCCn1c(N)nc2cccc(Cl)c21. The highest BCUT2D eigenvalue weighted by atomic mass is 35.5. The maximum Gasteiger partial charge on any atom is 0.201 e. The van der Waals surface area contributed by atoms with Gasteiger partial charge in [0.1, 0.15) is 0 Å². The Balaban J connectivity index is 2.23. The van der Waals surface area contributed by atoms with Crippen LogP contribution in [0.3, 0.4) is 0 Å². The molecule has 2 rings (SSSR count). The van der Waals surface area contributed by atoms with Gasteiger partial charge in [-0.25, -0.2) is 4.98 Å². The number of rotatable bonds is 5. The molecule has 2 aromatic rings. The molecule has 0 bridgehead atoms. The van der Waals surface area contributed by atoms with E-state index in [0.717, 1.165) is 37.2 Å². The summed E-state index contributed by atoms with van der Waals surface area (Å²) in [5, 5.41) is 0.683. The molecule has 0 aliphatic carbocycles. The molecule has 17 heavy (non-hydrogen) atoms. The van der Waals surface area contributed by atoms with Gasteiger partial charge in [-0.05, 0) is 25.5 Å². The minimum Gasteiger partial charge on any atom is -0.382 e. The van der Waals surface area contributed by atoms with Crippen molar-refractivity contribution in [1.29, 1.82) is 0 Å². The molecule has 2 N–H and O–H groups in total. The summed E-state index contributed by atoms with van der Waals surface area (Å²) in [5.41, 5.74) is 7.63. The lowest BCUT2D eigenvalue weighted by atomic mass is 10.3. The van der Waals surface area contributed by atoms with Crippen molar-refractivity contribution in [1.82, 2.24) is 9.55 Å². The van der Waals surface area contributed by atoms with Crippen molar-refractivity contribution in [3.05, 3.63) is 23.2 Å².